The Morgan fingerprint density at radius 3 is 2.41 bits per heavy atom. The Bertz CT molecular complexity index is 412. The van der Waals surface area contributed by atoms with Crippen LogP contribution in [0.4, 0.5) is 20.4 Å². The maximum Gasteiger partial charge on any atom is 0.239 e. The third-order valence-electron chi connectivity index (χ3n) is 1.97. The van der Waals surface area contributed by atoms with Crippen molar-refractivity contribution in [1.29, 1.82) is 0 Å². The van der Waals surface area contributed by atoms with Crippen LogP contribution in [-0.2, 0) is 4.79 Å². The third-order valence-corrected chi connectivity index (χ3v) is 1.97. The van der Waals surface area contributed by atoms with Crippen molar-refractivity contribution >= 4 is 17.5 Å². The summed E-state index contributed by atoms with van der Waals surface area (Å²) in [4.78, 5) is 14.7. The van der Waals surface area contributed by atoms with Crippen molar-refractivity contribution in [2.24, 2.45) is 0 Å². The highest BCUT2D eigenvalue weighted by molar-refractivity contribution is 5.80. The number of aromatic nitrogens is 1. The SMILES string of the molecule is CCNc1nc(NCC(=O)NC)c(F)cc1F. The Morgan fingerprint density at radius 2 is 1.88 bits per heavy atom. The molecule has 1 amide bonds. The van der Waals surface area contributed by atoms with Crippen molar-refractivity contribution in [2.75, 3.05) is 30.8 Å². The highest BCUT2D eigenvalue weighted by atomic mass is 19.1. The molecule has 5 nitrogen and oxygen atoms in total. The number of amides is 1. The van der Waals surface area contributed by atoms with Gasteiger partial charge < -0.3 is 16.0 Å². The Morgan fingerprint density at radius 1 is 1.29 bits per heavy atom. The second kappa shape index (κ2) is 5.97. The largest absolute Gasteiger partial charge is 0.368 e. The minimum Gasteiger partial charge on any atom is -0.368 e. The summed E-state index contributed by atoms with van der Waals surface area (Å²) in [6.07, 6.45) is 0. The van der Waals surface area contributed by atoms with Crippen LogP contribution in [0.5, 0.6) is 0 Å². The molecule has 0 saturated carbocycles. The molecule has 3 N–H and O–H groups in total. The van der Waals surface area contributed by atoms with Crippen molar-refractivity contribution in [3.8, 4) is 0 Å². The van der Waals surface area contributed by atoms with Crippen molar-refractivity contribution in [1.82, 2.24) is 10.3 Å². The van der Waals surface area contributed by atoms with Gasteiger partial charge >= 0.3 is 0 Å². The Labute approximate surface area is 97.6 Å². The van der Waals surface area contributed by atoms with E-state index in [-0.39, 0.29) is 24.1 Å². The van der Waals surface area contributed by atoms with Gasteiger partial charge in [0.25, 0.3) is 0 Å². The van der Waals surface area contributed by atoms with Gasteiger partial charge in [-0.3, -0.25) is 4.79 Å². The fourth-order valence-electron chi connectivity index (χ4n) is 1.13. The molecule has 0 aliphatic heterocycles. The number of carbonyl (C=O) groups is 1. The number of nitrogens with zero attached hydrogens (tertiary/aromatic N) is 1. The standard InChI is InChI=1S/C10H14F2N4O/c1-3-14-9-6(11)4-7(12)10(16-9)15-5-8(17)13-2/h4H,3,5H2,1-2H3,(H,13,17)(H2,14,15,16). The van der Waals surface area contributed by atoms with Crippen LogP contribution in [0.3, 0.4) is 0 Å². The average Bonchev–Trinajstić information content (AvgIpc) is 2.30. The van der Waals surface area contributed by atoms with Gasteiger partial charge in [-0.05, 0) is 6.92 Å². The minimum absolute atomic E-state index is 0.0479. The molecule has 17 heavy (non-hydrogen) atoms. The molecule has 1 aromatic heterocycles. The first-order chi connectivity index (χ1) is 8.08. The van der Waals surface area contributed by atoms with E-state index >= 15 is 0 Å². The molecule has 0 aromatic carbocycles. The first-order valence-electron chi connectivity index (χ1n) is 5.12. The Kier molecular flexibility index (Phi) is 4.62. The van der Waals surface area contributed by atoms with E-state index in [9.17, 15) is 13.6 Å². The van der Waals surface area contributed by atoms with Crippen LogP contribution in [0, 0.1) is 11.6 Å². The van der Waals surface area contributed by atoms with Crippen LogP contribution in [0.25, 0.3) is 0 Å². The molecule has 0 unspecified atom stereocenters. The molecule has 0 aliphatic carbocycles. The van der Waals surface area contributed by atoms with Gasteiger partial charge in [-0.1, -0.05) is 0 Å². The van der Waals surface area contributed by atoms with E-state index in [0.29, 0.717) is 6.54 Å². The number of rotatable bonds is 5. The number of halogens is 2. The lowest BCUT2D eigenvalue weighted by Crippen LogP contribution is -2.26. The van der Waals surface area contributed by atoms with E-state index in [1.807, 2.05) is 0 Å². The van der Waals surface area contributed by atoms with E-state index in [0.717, 1.165) is 6.07 Å². The predicted molar refractivity (Wildman–Crippen MR) is 60.9 cm³/mol. The van der Waals surface area contributed by atoms with Crippen molar-refractivity contribution in [2.45, 2.75) is 6.92 Å². The summed E-state index contributed by atoms with van der Waals surface area (Å²) < 4.78 is 26.5. The summed E-state index contributed by atoms with van der Waals surface area (Å²) in [6.45, 7) is 2.10. The molecular formula is C10H14F2N4O. The number of nitrogens with one attached hydrogen (secondary N) is 3. The molecule has 7 heteroatoms. The van der Waals surface area contributed by atoms with Crippen molar-refractivity contribution in [3.63, 3.8) is 0 Å². The number of anilines is 2. The van der Waals surface area contributed by atoms with Crippen LogP contribution in [-0.4, -0.2) is 31.0 Å². The van der Waals surface area contributed by atoms with Crippen LogP contribution in [0.15, 0.2) is 6.07 Å². The molecule has 94 valence electrons. The molecule has 0 spiro atoms. The zero-order valence-electron chi connectivity index (χ0n) is 9.60. The second-order valence-electron chi connectivity index (χ2n) is 3.21. The summed E-state index contributed by atoms with van der Waals surface area (Å²) in [6, 6.07) is 0.719. The number of likely N-dealkylation sites (N-methyl/N-ethyl adjacent to an activating group) is 1. The van der Waals surface area contributed by atoms with E-state index < -0.39 is 11.6 Å². The van der Waals surface area contributed by atoms with E-state index in [1.165, 1.54) is 7.05 Å². The van der Waals surface area contributed by atoms with Gasteiger partial charge in [0, 0.05) is 19.7 Å². The highest BCUT2D eigenvalue weighted by Gasteiger charge is 2.11. The molecule has 1 heterocycles. The third kappa shape index (κ3) is 3.54. The van der Waals surface area contributed by atoms with Gasteiger partial charge in [0.2, 0.25) is 5.91 Å². The van der Waals surface area contributed by atoms with Crippen molar-refractivity contribution in [3.05, 3.63) is 17.7 Å². The molecule has 1 rings (SSSR count). The van der Waals surface area contributed by atoms with Crippen LogP contribution >= 0.6 is 0 Å². The topological polar surface area (TPSA) is 66.0 Å². The molecule has 0 aliphatic rings. The number of pyridine rings is 1. The molecule has 1 aromatic rings. The first-order valence-corrected chi connectivity index (χ1v) is 5.12. The first kappa shape index (κ1) is 13.1. The maximum atomic E-state index is 13.3. The molecule has 0 radical (unpaired) electrons. The normalized spacial score (nSPS) is 9.88. The highest BCUT2D eigenvalue weighted by Crippen LogP contribution is 2.18. The number of carbonyl (C=O) groups excluding carboxylic acids is 1. The molecule has 0 saturated heterocycles. The minimum atomic E-state index is -0.840. The summed E-state index contributed by atoms with van der Waals surface area (Å²) in [5, 5.41) is 7.50. The lowest BCUT2D eigenvalue weighted by atomic mass is 10.4. The summed E-state index contributed by atoms with van der Waals surface area (Å²) in [7, 11) is 1.46. The lowest BCUT2D eigenvalue weighted by molar-refractivity contribution is -0.118. The molecule has 0 fully saturated rings. The smallest absolute Gasteiger partial charge is 0.239 e. The van der Waals surface area contributed by atoms with Gasteiger partial charge in [-0.15, -0.1) is 0 Å². The predicted octanol–water partition coefficient (Wildman–Crippen LogP) is 0.950. The number of hydrogen-bond acceptors (Lipinski definition) is 4. The fourth-order valence-corrected chi connectivity index (χ4v) is 1.13. The zero-order valence-corrected chi connectivity index (χ0v) is 9.60. The Balaban J connectivity index is 2.83. The Hall–Kier alpha value is -1.92. The van der Waals surface area contributed by atoms with Gasteiger partial charge in [0.15, 0.2) is 23.3 Å². The van der Waals surface area contributed by atoms with Crippen LogP contribution < -0.4 is 16.0 Å². The average molecular weight is 244 g/mol. The quantitative estimate of drug-likeness (QED) is 0.721. The van der Waals surface area contributed by atoms with Gasteiger partial charge in [-0.25, -0.2) is 13.8 Å². The van der Waals surface area contributed by atoms with Crippen LogP contribution in [0.2, 0.25) is 0 Å². The van der Waals surface area contributed by atoms with Crippen molar-refractivity contribution < 1.29 is 13.6 Å². The molecule has 0 bridgehead atoms. The summed E-state index contributed by atoms with van der Waals surface area (Å²) in [5.74, 6) is -2.14. The van der Waals surface area contributed by atoms with Crippen LogP contribution in [0.1, 0.15) is 6.92 Å². The second-order valence-corrected chi connectivity index (χ2v) is 3.21. The maximum absolute atomic E-state index is 13.3. The number of hydrogen-bond donors (Lipinski definition) is 3. The van der Waals surface area contributed by atoms with Gasteiger partial charge in [0.05, 0.1) is 6.54 Å². The fraction of sp³-hybridized carbons (Fsp3) is 0.400. The van der Waals surface area contributed by atoms with E-state index in [1.54, 1.807) is 6.92 Å². The molecule has 0 atom stereocenters. The van der Waals surface area contributed by atoms with Gasteiger partial charge in [-0.2, -0.15) is 0 Å². The van der Waals surface area contributed by atoms with E-state index in [2.05, 4.69) is 20.9 Å². The summed E-state index contributed by atoms with van der Waals surface area (Å²) >= 11 is 0. The lowest BCUT2D eigenvalue weighted by Gasteiger charge is -2.09. The monoisotopic (exact) mass is 244 g/mol. The van der Waals surface area contributed by atoms with Gasteiger partial charge in [0.1, 0.15) is 0 Å². The summed E-state index contributed by atoms with van der Waals surface area (Å²) in [5.41, 5.74) is 0. The molecular weight excluding hydrogens is 230 g/mol. The zero-order chi connectivity index (χ0) is 12.8. The van der Waals surface area contributed by atoms with E-state index in [4.69, 9.17) is 0 Å².